The van der Waals surface area contributed by atoms with E-state index in [4.69, 9.17) is 14.0 Å². The lowest BCUT2D eigenvalue weighted by Gasteiger charge is -2.10. The number of esters is 1. The van der Waals surface area contributed by atoms with Crippen LogP contribution in [0.4, 0.5) is 0 Å². The Bertz CT molecular complexity index is 413. The van der Waals surface area contributed by atoms with E-state index in [1.807, 2.05) is 6.92 Å². The van der Waals surface area contributed by atoms with E-state index in [9.17, 15) is 4.79 Å². The van der Waals surface area contributed by atoms with Crippen molar-refractivity contribution in [3.63, 3.8) is 0 Å². The first-order valence-electron chi connectivity index (χ1n) is 6.39. The van der Waals surface area contributed by atoms with Gasteiger partial charge < -0.3 is 14.0 Å². The molecule has 0 N–H and O–H groups in total. The van der Waals surface area contributed by atoms with Gasteiger partial charge >= 0.3 is 5.97 Å². The van der Waals surface area contributed by atoms with E-state index >= 15 is 0 Å². The van der Waals surface area contributed by atoms with Crippen molar-refractivity contribution in [3.05, 3.63) is 17.0 Å². The van der Waals surface area contributed by atoms with E-state index in [1.165, 1.54) is 0 Å². The first kappa shape index (κ1) is 13.1. The molecule has 0 fully saturated rings. The zero-order chi connectivity index (χ0) is 13.0. The van der Waals surface area contributed by atoms with Crippen molar-refractivity contribution in [3.8, 4) is 0 Å². The van der Waals surface area contributed by atoms with E-state index in [2.05, 4.69) is 5.16 Å². The predicted octanol–water partition coefficient (Wildman–Crippen LogP) is 2.14. The van der Waals surface area contributed by atoms with Crippen LogP contribution in [0.5, 0.6) is 0 Å². The predicted molar refractivity (Wildman–Crippen MR) is 64.5 cm³/mol. The van der Waals surface area contributed by atoms with Crippen LogP contribution in [0, 0.1) is 0 Å². The topological polar surface area (TPSA) is 61.6 Å². The maximum absolute atomic E-state index is 11.9. The summed E-state index contributed by atoms with van der Waals surface area (Å²) < 4.78 is 15.5. The molecule has 2 rings (SSSR count). The van der Waals surface area contributed by atoms with E-state index in [1.54, 1.807) is 7.11 Å². The smallest absolute Gasteiger partial charge is 0.360 e. The maximum atomic E-state index is 11.9. The average Bonchev–Trinajstić information content (AvgIpc) is 2.82. The highest BCUT2D eigenvalue weighted by Gasteiger charge is 2.24. The minimum Gasteiger partial charge on any atom is -0.461 e. The molecule has 5 heteroatoms. The van der Waals surface area contributed by atoms with Crippen molar-refractivity contribution < 1.29 is 18.8 Å². The molecule has 0 amide bonds. The number of fused-ring (bicyclic) bond motifs is 1. The molecule has 1 atom stereocenters. The number of ether oxygens (including phenoxy) is 2. The Morgan fingerprint density at radius 3 is 3.00 bits per heavy atom. The second-order valence-corrected chi connectivity index (χ2v) is 4.61. The molecule has 1 aromatic rings. The largest absolute Gasteiger partial charge is 0.461 e. The lowest BCUT2D eigenvalue weighted by molar-refractivity contribution is 0.0380. The third-order valence-electron chi connectivity index (χ3n) is 3.30. The van der Waals surface area contributed by atoms with Gasteiger partial charge in [0.25, 0.3) is 0 Å². The number of nitrogens with zero attached hydrogens (tertiary/aromatic N) is 1. The Kier molecular flexibility index (Phi) is 4.36. The van der Waals surface area contributed by atoms with Crippen LogP contribution in [-0.4, -0.2) is 30.9 Å². The summed E-state index contributed by atoms with van der Waals surface area (Å²) in [6.45, 7) is 2.28. The summed E-state index contributed by atoms with van der Waals surface area (Å²) in [7, 11) is 1.64. The minimum atomic E-state index is -0.384. The van der Waals surface area contributed by atoms with Crippen molar-refractivity contribution in [2.45, 2.75) is 45.1 Å². The monoisotopic (exact) mass is 253 g/mol. The number of hydrogen-bond acceptors (Lipinski definition) is 5. The molecule has 100 valence electrons. The number of aromatic nitrogens is 1. The van der Waals surface area contributed by atoms with Crippen LogP contribution in [0.1, 0.15) is 48.0 Å². The lowest BCUT2D eigenvalue weighted by Crippen LogP contribution is -2.14. The summed E-state index contributed by atoms with van der Waals surface area (Å²) in [5.41, 5.74) is 1.29. The fourth-order valence-electron chi connectivity index (χ4n) is 2.05. The molecule has 0 aliphatic heterocycles. The van der Waals surface area contributed by atoms with Gasteiger partial charge in [-0.05, 0) is 26.2 Å². The van der Waals surface area contributed by atoms with Crippen LogP contribution in [0.2, 0.25) is 0 Å². The molecule has 1 aliphatic rings. The summed E-state index contributed by atoms with van der Waals surface area (Å²) in [6, 6.07) is 0. The van der Waals surface area contributed by atoms with E-state index in [0.717, 1.165) is 37.0 Å². The molecule has 5 nitrogen and oxygen atoms in total. The second kappa shape index (κ2) is 6.00. The number of carbonyl (C=O) groups excluding carboxylic acids is 1. The number of hydrogen-bond donors (Lipinski definition) is 0. The molecule has 0 radical (unpaired) electrons. The molecule has 0 aromatic carbocycles. The maximum Gasteiger partial charge on any atom is 0.360 e. The minimum absolute atomic E-state index is 0.0871. The number of rotatable bonds is 5. The van der Waals surface area contributed by atoms with Crippen LogP contribution < -0.4 is 0 Å². The van der Waals surface area contributed by atoms with Gasteiger partial charge in [-0.25, -0.2) is 4.79 Å². The van der Waals surface area contributed by atoms with Gasteiger partial charge in [-0.2, -0.15) is 0 Å². The zero-order valence-electron chi connectivity index (χ0n) is 10.9. The van der Waals surface area contributed by atoms with Gasteiger partial charge in [-0.1, -0.05) is 5.16 Å². The Hall–Kier alpha value is -1.36. The molecule has 18 heavy (non-hydrogen) atoms. The zero-order valence-corrected chi connectivity index (χ0v) is 10.9. The lowest BCUT2D eigenvalue weighted by atomic mass is 9.96. The Balaban J connectivity index is 1.91. The Morgan fingerprint density at radius 2 is 2.22 bits per heavy atom. The summed E-state index contributed by atoms with van der Waals surface area (Å²) in [4.78, 5) is 11.9. The first-order chi connectivity index (χ1) is 8.72. The van der Waals surface area contributed by atoms with Crippen molar-refractivity contribution in [2.24, 2.45) is 0 Å². The third-order valence-corrected chi connectivity index (χ3v) is 3.30. The van der Waals surface area contributed by atoms with Crippen LogP contribution in [0.3, 0.4) is 0 Å². The third kappa shape index (κ3) is 2.90. The van der Waals surface area contributed by atoms with Crippen LogP contribution in [0.15, 0.2) is 4.52 Å². The molecule has 0 saturated carbocycles. The molecule has 1 heterocycles. The summed E-state index contributed by atoms with van der Waals surface area (Å²) in [5.74, 6) is 0.462. The SMILES string of the molecule is CO[C@H](C)CCOC(=O)c1noc2c1CCCC2. The summed E-state index contributed by atoms with van der Waals surface area (Å²) in [5, 5.41) is 3.83. The van der Waals surface area contributed by atoms with Gasteiger partial charge in [0.1, 0.15) is 5.76 Å². The molecular formula is C13H19NO4. The van der Waals surface area contributed by atoms with Crippen molar-refractivity contribution in [1.82, 2.24) is 5.16 Å². The molecule has 0 bridgehead atoms. The molecule has 0 saturated heterocycles. The van der Waals surface area contributed by atoms with Gasteiger partial charge in [0.05, 0.1) is 12.7 Å². The Morgan fingerprint density at radius 1 is 1.44 bits per heavy atom. The molecule has 0 unspecified atom stereocenters. The average molecular weight is 253 g/mol. The first-order valence-corrected chi connectivity index (χ1v) is 6.39. The highest BCUT2D eigenvalue weighted by Crippen LogP contribution is 2.24. The fraction of sp³-hybridized carbons (Fsp3) is 0.692. The van der Waals surface area contributed by atoms with Gasteiger partial charge in [0, 0.05) is 25.5 Å². The highest BCUT2D eigenvalue weighted by molar-refractivity contribution is 5.89. The Labute approximate surface area is 106 Å². The quantitative estimate of drug-likeness (QED) is 0.752. The fourth-order valence-corrected chi connectivity index (χ4v) is 2.05. The number of carbonyl (C=O) groups is 1. The molecule has 1 aromatic heterocycles. The summed E-state index contributed by atoms with van der Waals surface area (Å²) in [6.07, 6.45) is 4.68. The molecular weight excluding hydrogens is 234 g/mol. The highest BCUT2D eigenvalue weighted by atomic mass is 16.5. The number of methoxy groups -OCH3 is 1. The van der Waals surface area contributed by atoms with Crippen molar-refractivity contribution >= 4 is 5.97 Å². The van der Waals surface area contributed by atoms with Gasteiger partial charge in [-0.3, -0.25) is 0 Å². The van der Waals surface area contributed by atoms with Crippen LogP contribution in [0.25, 0.3) is 0 Å². The molecule has 1 aliphatic carbocycles. The van der Waals surface area contributed by atoms with Crippen LogP contribution >= 0.6 is 0 Å². The van der Waals surface area contributed by atoms with Crippen molar-refractivity contribution in [1.29, 1.82) is 0 Å². The van der Waals surface area contributed by atoms with Gasteiger partial charge in [0.2, 0.25) is 0 Å². The second-order valence-electron chi connectivity index (χ2n) is 4.61. The summed E-state index contributed by atoms with van der Waals surface area (Å²) >= 11 is 0. The normalized spacial score (nSPS) is 16.1. The van der Waals surface area contributed by atoms with E-state index < -0.39 is 0 Å². The number of aryl methyl sites for hydroxylation is 1. The van der Waals surface area contributed by atoms with E-state index in [0.29, 0.717) is 18.7 Å². The van der Waals surface area contributed by atoms with Crippen LogP contribution in [-0.2, 0) is 22.3 Å². The van der Waals surface area contributed by atoms with Gasteiger partial charge in [0.15, 0.2) is 5.69 Å². The standard InChI is InChI=1S/C13H19NO4/c1-9(16-2)7-8-17-13(15)12-10-5-3-4-6-11(10)18-14-12/h9H,3-8H2,1-2H3/t9-/m1/s1. The van der Waals surface area contributed by atoms with E-state index in [-0.39, 0.29) is 12.1 Å². The molecule has 0 spiro atoms. The van der Waals surface area contributed by atoms with Crippen molar-refractivity contribution in [2.75, 3.05) is 13.7 Å². The van der Waals surface area contributed by atoms with Gasteiger partial charge in [-0.15, -0.1) is 0 Å².